The van der Waals surface area contributed by atoms with Crippen LogP contribution >= 0.6 is 11.6 Å². The van der Waals surface area contributed by atoms with Crippen molar-refractivity contribution in [2.75, 3.05) is 0 Å². The van der Waals surface area contributed by atoms with E-state index in [0.717, 1.165) is 42.7 Å². The molecule has 10 heteroatoms. The molecule has 9 nitrogen and oxygen atoms in total. The summed E-state index contributed by atoms with van der Waals surface area (Å²) in [6, 6.07) is 16.9. The summed E-state index contributed by atoms with van der Waals surface area (Å²) in [5, 5.41) is 18.9. The highest BCUT2D eigenvalue weighted by Crippen LogP contribution is 2.40. The van der Waals surface area contributed by atoms with Crippen molar-refractivity contribution in [1.29, 1.82) is 5.26 Å². The standard InChI is InChI=1S/C26H21ClN8O/c27-19-3-1-2-4-22(19)35-24(32-33-25(35)20-11-12-29-15-30-20)17-6-8-18(9-7-17)34-23-10-5-16(14-28)13-21(23)31-26(34)36/h1-5,10-13,15,17-18H,6-9H2,(H,31,36). The van der Waals surface area contributed by atoms with E-state index in [0.29, 0.717) is 27.6 Å². The average Bonchev–Trinajstić information content (AvgIpc) is 3.50. The van der Waals surface area contributed by atoms with Crippen LogP contribution in [0.3, 0.4) is 0 Å². The third-order valence-corrected chi connectivity index (χ3v) is 7.18. The summed E-state index contributed by atoms with van der Waals surface area (Å²) < 4.78 is 3.83. The van der Waals surface area contributed by atoms with Crippen LogP contribution in [-0.4, -0.2) is 34.3 Å². The van der Waals surface area contributed by atoms with E-state index >= 15 is 0 Å². The molecule has 1 aliphatic rings. The Kier molecular flexibility index (Phi) is 5.58. The van der Waals surface area contributed by atoms with Crippen molar-refractivity contribution >= 4 is 22.6 Å². The van der Waals surface area contributed by atoms with Gasteiger partial charge in [0.05, 0.1) is 33.4 Å². The van der Waals surface area contributed by atoms with Crippen molar-refractivity contribution in [1.82, 2.24) is 34.3 Å². The number of aromatic nitrogens is 7. The first-order valence-corrected chi connectivity index (χ1v) is 12.1. The largest absolute Gasteiger partial charge is 0.326 e. The number of nitrogens with one attached hydrogen (secondary N) is 1. The number of halogens is 1. The summed E-state index contributed by atoms with van der Waals surface area (Å²) in [6.45, 7) is 0. The molecule has 3 heterocycles. The SMILES string of the molecule is N#Cc1ccc2c(c1)[nH]c(=O)n2C1CCC(c2nnc(-c3ccncn3)n2-c2ccccc2Cl)CC1. The summed E-state index contributed by atoms with van der Waals surface area (Å²) in [6.07, 6.45) is 6.48. The second-order valence-corrected chi connectivity index (χ2v) is 9.32. The first kappa shape index (κ1) is 22.2. The molecule has 1 aliphatic carbocycles. The number of fused-ring (bicyclic) bond motifs is 1. The molecule has 0 saturated heterocycles. The fraction of sp³-hybridized carbons (Fsp3) is 0.231. The molecule has 178 valence electrons. The number of aromatic amines is 1. The highest BCUT2D eigenvalue weighted by molar-refractivity contribution is 6.32. The Bertz CT molecular complexity index is 1660. The Balaban J connectivity index is 1.34. The summed E-state index contributed by atoms with van der Waals surface area (Å²) >= 11 is 6.60. The smallest absolute Gasteiger partial charge is 0.305 e. The molecule has 2 aromatic carbocycles. The zero-order valence-corrected chi connectivity index (χ0v) is 19.9. The van der Waals surface area contributed by atoms with Crippen LogP contribution in [0.2, 0.25) is 5.02 Å². The normalized spacial score (nSPS) is 17.8. The van der Waals surface area contributed by atoms with Crippen LogP contribution in [0.5, 0.6) is 0 Å². The minimum absolute atomic E-state index is 0.0634. The summed E-state index contributed by atoms with van der Waals surface area (Å²) in [5.41, 5.74) is 3.36. The quantitative estimate of drug-likeness (QED) is 0.382. The molecule has 0 unspecified atom stereocenters. The zero-order chi connectivity index (χ0) is 24.6. The Hall–Kier alpha value is -4.29. The average molecular weight is 497 g/mol. The molecule has 0 atom stereocenters. The third-order valence-electron chi connectivity index (χ3n) is 6.87. The van der Waals surface area contributed by atoms with Crippen LogP contribution in [0.25, 0.3) is 28.2 Å². The van der Waals surface area contributed by atoms with Gasteiger partial charge in [0, 0.05) is 18.2 Å². The van der Waals surface area contributed by atoms with E-state index in [1.165, 1.54) is 6.33 Å². The Morgan fingerprint density at radius 1 is 1.06 bits per heavy atom. The van der Waals surface area contributed by atoms with E-state index in [2.05, 4.69) is 31.2 Å². The minimum Gasteiger partial charge on any atom is -0.305 e. The lowest BCUT2D eigenvalue weighted by atomic mass is 9.85. The molecular formula is C26H21ClN8O. The van der Waals surface area contributed by atoms with Gasteiger partial charge in [-0.3, -0.25) is 9.13 Å². The predicted molar refractivity (Wildman–Crippen MR) is 135 cm³/mol. The fourth-order valence-corrected chi connectivity index (χ4v) is 5.40. The van der Waals surface area contributed by atoms with E-state index < -0.39 is 0 Å². The number of hydrogen-bond acceptors (Lipinski definition) is 6. The molecule has 1 fully saturated rings. The second kappa shape index (κ2) is 9.06. The highest BCUT2D eigenvalue weighted by atomic mass is 35.5. The number of benzene rings is 2. The molecule has 6 rings (SSSR count). The van der Waals surface area contributed by atoms with Crippen LogP contribution < -0.4 is 5.69 Å². The van der Waals surface area contributed by atoms with Gasteiger partial charge < -0.3 is 4.98 Å². The van der Waals surface area contributed by atoms with Crippen molar-refractivity contribution in [3.63, 3.8) is 0 Å². The van der Waals surface area contributed by atoms with Crippen molar-refractivity contribution in [2.45, 2.75) is 37.6 Å². The number of nitrogens with zero attached hydrogens (tertiary/aromatic N) is 7. The lowest BCUT2D eigenvalue weighted by Gasteiger charge is -2.29. The van der Waals surface area contributed by atoms with E-state index in [1.807, 2.05) is 39.5 Å². The van der Waals surface area contributed by atoms with Gasteiger partial charge in [0.1, 0.15) is 17.8 Å². The second-order valence-electron chi connectivity index (χ2n) is 8.91. The summed E-state index contributed by atoms with van der Waals surface area (Å²) in [7, 11) is 0. The lowest BCUT2D eigenvalue weighted by molar-refractivity contribution is 0.315. The van der Waals surface area contributed by atoms with Gasteiger partial charge in [-0.2, -0.15) is 5.26 Å². The number of imidazole rings is 1. The number of hydrogen-bond donors (Lipinski definition) is 1. The monoisotopic (exact) mass is 496 g/mol. The minimum atomic E-state index is -0.145. The predicted octanol–water partition coefficient (Wildman–Crippen LogP) is 4.79. The van der Waals surface area contributed by atoms with Crippen LogP contribution in [0.1, 0.15) is 49.0 Å². The van der Waals surface area contributed by atoms with Gasteiger partial charge >= 0.3 is 5.69 Å². The fourth-order valence-electron chi connectivity index (χ4n) is 5.18. The number of nitriles is 1. The number of para-hydroxylation sites is 1. The molecule has 36 heavy (non-hydrogen) atoms. The molecule has 0 radical (unpaired) electrons. The molecule has 0 bridgehead atoms. The maximum atomic E-state index is 12.8. The highest BCUT2D eigenvalue weighted by Gasteiger charge is 2.31. The topological polar surface area (TPSA) is 118 Å². The summed E-state index contributed by atoms with van der Waals surface area (Å²) in [4.78, 5) is 24.1. The van der Waals surface area contributed by atoms with Gasteiger partial charge in [-0.05, 0) is 62.1 Å². The Labute approximate surface area is 211 Å². The van der Waals surface area contributed by atoms with Crippen molar-refractivity contribution < 1.29 is 0 Å². The number of H-pyrrole nitrogens is 1. The molecule has 0 spiro atoms. The maximum Gasteiger partial charge on any atom is 0.326 e. The lowest BCUT2D eigenvalue weighted by Crippen LogP contribution is -2.26. The molecule has 5 aromatic rings. The Morgan fingerprint density at radius 3 is 2.64 bits per heavy atom. The van der Waals surface area contributed by atoms with Crippen molar-refractivity contribution in [3.05, 3.63) is 87.9 Å². The molecular weight excluding hydrogens is 476 g/mol. The number of rotatable bonds is 4. The van der Waals surface area contributed by atoms with Gasteiger partial charge in [0.15, 0.2) is 5.82 Å². The van der Waals surface area contributed by atoms with Gasteiger partial charge in [0.25, 0.3) is 0 Å². The third kappa shape index (κ3) is 3.76. The van der Waals surface area contributed by atoms with Gasteiger partial charge in [0.2, 0.25) is 0 Å². The van der Waals surface area contributed by atoms with Gasteiger partial charge in [-0.15, -0.1) is 10.2 Å². The van der Waals surface area contributed by atoms with Crippen molar-refractivity contribution in [2.24, 2.45) is 0 Å². The molecule has 1 N–H and O–H groups in total. The molecule has 1 saturated carbocycles. The van der Waals surface area contributed by atoms with Crippen LogP contribution in [0, 0.1) is 11.3 Å². The maximum absolute atomic E-state index is 12.8. The van der Waals surface area contributed by atoms with E-state index in [9.17, 15) is 10.1 Å². The summed E-state index contributed by atoms with van der Waals surface area (Å²) in [5.74, 6) is 1.59. The first-order valence-electron chi connectivity index (χ1n) is 11.7. The van der Waals surface area contributed by atoms with Gasteiger partial charge in [-0.1, -0.05) is 23.7 Å². The van der Waals surface area contributed by atoms with E-state index in [4.69, 9.17) is 11.6 Å². The van der Waals surface area contributed by atoms with E-state index in [-0.39, 0.29) is 17.6 Å². The van der Waals surface area contributed by atoms with Crippen molar-refractivity contribution in [3.8, 4) is 23.3 Å². The van der Waals surface area contributed by atoms with Crippen LogP contribution in [0.15, 0.2) is 65.8 Å². The van der Waals surface area contributed by atoms with E-state index in [1.54, 1.807) is 24.4 Å². The Morgan fingerprint density at radius 2 is 1.89 bits per heavy atom. The molecule has 0 aliphatic heterocycles. The molecule has 3 aromatic heterocycles. The zero-order valence-electron chi connectivity index (χ0n) is 19.2. The van der Waals surface area contributed by atoms with Gasteiger partial charge in [-0.25, -0.2) is 14.8 Å². The first-order chi connectivity index (χ1) is 17.6. The van der Waals surface area contributed by atoms with Crippen LogP contribution in [-0.2, 0) is 0 Å². The molecule has 0 amide bonds. The van der Waals surface area contributed by atoms with Crippen LogP contribution in [0.4, 0.5) is 0 Å².